The van der Waals surface area contributed by atoms with Gasteiger partial charge in [-0.05, 0) is 19.0 Å². The number of rotatable bonds is 8. The normalized spacial score (nSPS) is 11.1. The van der Waals surface area contributed by atoms with Crippen LogP contribution in [0.4, 0.5) is 0 Å². The van der Waals surface area contributed by atoms with E-state index in [9.17, 15) is 0 Å². The number of unbranched alkanes of at least 4 members (excludes halogenated alkanes) is 7. The van der Waals surface area contributed by atoms with Gasteiger partial charge in [0.1, 0.15) is 0 Å². The van der Waals surface area contributed by atoms with Crippen LogP contribution in [0.2, 0.25) is 0 Å². The smallest absolute Gasteiger partial charge is 0.0103 e. The summed E-state index contributed by atoms with van der Waals surface area (Å²) in [4.78, 5) is 0. The number of hydrogen-bond donors (Lipinski definition) is 1. The summed E-state index contributed by atoms with van der Waals surface area (Å²) in [5.74, 6) is 0. The van der Waals surface area contributed by atoms with Crippen molar-refractivity contribution in [2.24, 2.45) is 5.73 Å². The molecule has 0 unspecified atom stereocenters. The summed E-state index contributed by atoms with van der Waals surface area (Å²) in [6.07, 6.45) is 14.0. The van der Waals surface area contributed by atoms with Crippen LogP contribution in [0.1, 0.15) is 51.4 Å². The average molecular weight is 168 g/mol. The van der Waals surface area contributed by atoms with Crippen molar-refractivity contribution in [3.63, 3.8) is 0 Å². The maximum absolute atomic E-state index is 5.22. The lowest BCUT2D eigenvalue weighted by Gasteiger charge is -1.98. The van der Waals surface area contributed by atoms with Crippen molar-refractivity contribution in [2.45, 2.75) is 51.4 Å². The van der Waals surface area contributed by atoms with Crippen molar-refractivity contribution in [3.05, 3.63) is 19.2 Å². The Morgan fingerprint density at radius 2 is 1.50 bits per heavy atom. The third kappa shape index (κ3) is 9.54. The second kappa shape index (κ2) is 10.5. The van der Waals surface area contributed by atoms with Crippen molar-refractivity contribution in [1.29, 1.82) is 0 Å². The summed E-state index contributed by atoms with van der Waals surface area (Å²) in [5.41, 5.74) is 5.22. The first-order valence-electron chi connectivity index (χ1n) is 5.07. The third-order valence-electron chi connectivity index (χ3n) is 2.01. The first-order chi connectivity index (χ1) is 5.91. The minimum absolute atomic E-state index is 1.09. The van der Waals surface area contributed by atoms with Gasteiger partial charge in [0.15, 0.2) is 0 Å². The van der Waals surface area contributed by atoms with Crippen LogP contribution in [0.5, 0.6) is 0 Å². The van der Waals surface area contributed by atoms with Crippen LogP contribution in [0.15, 0.2) is 12.3 Å². The van der Waals surface area contributed by atoms with E-state index in [1.54, 1.807) is 6.20 Å². The highest BCUT2D eigenvalue weighted by atomic mass is 14.5. The second-order valence-electron chi connectivity index (χ2n) is 3.19. The zero-order valence-electron chi connectivity index (χ0n) is 8.10. The Bertz CT molecular complexity index is 97.2. The van der Waals surface area contributed by atoms with Gasteiger partial charge in [0.05, 0.1) is 0 Å². The highest BCUT2D eigenvalue weighted by Gasteiger charge is 1.88. The van der Waals surface area contributed by atoms with Crippen LogP contribution in [-0.4, -0.2) is 0 Å². The quantitative estimate of drug-likeness (QED) is 0.552. The van der Waals surface area contributed by atoms with E-state index in [0.717, 1.165) is 12.8 Å². The molecule has 0 saturated carbocycles. The van der Waals surface area contributed by atoms with Crippen LogP contribution in [0, 0.1) is 6.92 Å². The Kier molecular flexibility index (Phi) is 10.1. The van der Waals surface area contributed by atoms with Gasteiger partial charge in [-0.3, -0.25) is 0 Å². The molecule has 0 saturated heterocycles. The van der Waals surface area contributed by atoms with E-state index in [1.807, 2.05) is 6.08 Å². The first-order valence-corrected chi connectivity index (χ1v) is 5.07. The first kappa shape index (κ1) is 11.5. The average Bonchev–Trinajstić information content (AvgIpc) is 2.10. The van der Waals surface area contributed by atoms with E-state index in [4.69, 9.17) is 5.73 Å². The molecular formula is C11H22N. The molecule has 0 aliphatic heterocycles. The summed E-state index contributed by atoms with van der Waals surface area (Å²) in [5, 5.41) is 0. The number of nitrogens with two attached hydrogens (primary N) is 1. The molecule has 0 rings (SSSR count). The van der Waals surface area contributed by atoms with Gasteiger partial charge >= 0.3 is 0 Å². The molecule has 0 fully saturated rings. The van der Waals surface area contributed by atoms with Gasteiger partial charge in [-0.2, -0.15) is 0 Å². The van der Waals surface area contributed by atoms with Gasteiger partial charge in [0.25, 0.3) is 0 Å². The highest BCUT2D eigenvalue weighted by molar-refractivity contribution is 4.74. The summed E-state index contributed by atoms with van der Waals surface area (Å²) < 4.78 is 0. The maximum atomic E-state index is 5.22. The summed E-state index contributed by atoms with van der Waals surface area (Å²) in [6, 6.07) is 0. The molecule has 0 spiro atoms. The number of allylic oxidation sites excluding steroid dienone is 1. The zero-order chi connectivity index (χ0) is 9.07. The van der Waals surface area contributed by atoms with Crippen molar-refractivity contribution in [3.8, 4) is 0 Å². The lowest BCUT2D eigenvalue weighted by Crippen LogP contribution is -1.80. The van der Waals surface area contributed by atoms with Crippen LogP contribution >= 0.6 is 0 Å². The second-order valence-corrected chi connectivity index (χ2v) is 3.19. The van der Waals surface area contributed by atoms with Gasteiger partial charge in [-0.15, -0.1) is 0 Å². The predicted molar refractivity (Wildman–Crippen MR) is 55.6 cm³/mol. The fourth-order valence-electron chi connectivity index (χ4n) is 1.24. The van der Waals surface area contributed by atoms with Crippen LogP contribution in [0.3, 0.4) is 0 Å². The molecular weight excluding hydrogens is 146 g/mol. The minimum atomic E-state index is 1.09. The zero-order valence-corrected chi connectivity index (χ0v) is 8.10. The maximum Gasteiger partial charge on any atom is -0.0103 e. The molecule has 0 heterocycles. The molecule has 0 bridgehead atoms. The lowest BCUT2D eigenvalue weighted by atomic mass is 10.1. The molecule has 0 aromatic heterocycles. The van der Waals surface area contributed by atoms with E-state index < -0.39 is 0 Å². The SMILES string of the molecule is [CH2]CCCCCCCCC=CN. The van der Waals surface area contributed by atoms with Gasteiger partial charge in [0, 0.05) is 0 Å². The van der Waals surface area contributed by atoms with Crippen molar-refractivity contribution < 1.29 is 0 Å². The van der Waals surface area contributed by atoms with Crippen LogP contribution < -0.4 is 5.73 Å². The summed E-state index contributed by atoms with van der Waals surface area (Å²) in [7, 11) is 0. The van der Waals surface area contributed by atoms with Crippen molar-refractivity contribution in [2.75, 3.05) is 0 Å². The number of hydrogen-bond acceptors (Lipinski definition) is 1. The Morgan fingerprint density at radius 1 is 0.917 bits per heavy atom. The standard InChI is InChI=1S/C11H22N/c1-2-3-4-5-6-7-8-9-10-11-12/h10-11H,1-9,12H2. The summed E-state index contributed by atoms with van der Waals surface area (Å²) in [6.45, 7) is 3.82. The lowest BCUT2D eigenvalue weighted by molar-refractivity contribution is 0.599. The van der Waals surface area contributed by atoms with Gasteiger partial charge in [-0.1, -0.05) is 51.5 Å². The van der Waals surface area contributed by atoms with Crippen molar-refractivity contribution in [1.82, 2.24) is 0 Å². The molecule has 2 N–H and O–H groups in total. The van der Waals surface area contributed by atoms with E-state index in [-0.39, 0.29) is 0 Å². The molecule has 1 radical (unpaired) electrons. The molecule has 0 aromatic carbocycles. The van der Waals surface area contributed by atoms with Crippen LogP contribution in [-0.2, 0) is 0 Å². The molecule has 71 valence electrons. The van der Waals surface area contributed by atoms with Gasteiger partial charge in [0.2, 0.25) is 0 Å². The molecule has 0 aliphatic carbocycles. The molecule has 0 atom stereocenters. The monoisotopic (exact) mass is 168 g/mol. The molecule has 0 aliphatic rings. The molecule has 12 heavy (non-hydrogen) atoms. The molecule has 1 heteroatoms. The Morgan fingerprint density at radius 3 is 2.08 bits per heavy atom. The van der Waals surface area contributed by atoms with Crippen molar-refractivity contribution >= 4 is 0 Å². The summed E-state index contributed by atoms with van der Waals surface area (Å²) >= 11 is 0. The predicted octanol–water partition coefficient (Wildman–Crippen LogP) is 3.41. The van der Waals surface area contributed by atoms with E-state index in [0.29, 0.717) is 0 Å². The largest absolute Gasteiger partial charge is 0.405 e. The molecule has 0 amide bonds. The Labute approximate surface area is 77.0 Å². The third-order valence-corrected chi connectivity index (χ3v) is 2.01. The molecule has 0 aromatic rings. The topological polar surface area (TPSA) is 26.0 Å². The van der Waals surface area contributed by atoms with Gasteiger partial charge in [-0.25, -0.2) is 0 Å². The van der Waals surface area contributed by atoms with E-state index in [1.165, 1.54) is 38.5 Å². The van der Waals surface area contributed by atoms with E-state index in [2.05, 4.69) is 6.92 Å². The minimum Gasteiger partial charge on any atom is -0.405 e. The van der Waals surface area contributed by atoms with Crippen LogP contribution in [0.25, 0.3) is 0 Å². The molecule has 1 nitrogen and oxygen atoms in total. The Balaban J connectivity index is 2.81. The Hall–Kier alpha value is -0.460. The fourth-order valence-corrected chi connectivity index (χ4v) is 1.24. The highest BCUT2D eigenvalue weighted by Crippen LogP contribution is 2.08. The van der Waals surface area contributed by atoms with E-state index >= 15 is 0 Å². The van der Waals surface area contributed by atoms with Gasteiger partial charge < -0.3 is 5.73 Å². The fraction of sp³-hybridized carbons (Fsp3) is 0.727.